The number of thiocarbonyl (C=S) groups is 1. The molecule has 0 aliphatic carbocycles. The lowest BCUT2D eigenvalue weighted by atomic mass is 10.2. The zero-order valence-corrected chi connectivity index (χ0v) is 15.6. The largest absolute Gasteiger partial charge is 0.378 e. The molecule has 0 unspecified atom stereocenters. The SMILES string of the molecule is CN(C)c1ccc(C=C2SC(=S)N(c3cccc(Cl)c3)C2=O)cc1. The molecule has 1 fully saturated rings. The third-order valence-electron chi connectivity index (χ3n) is 3.57. The quantitative estimate of drug-likeness (QED) is 0.568. The van der Waals surface area contributed by atoms with Gasteiger partial charge in [0.1, 0.15) is 0 Å². The third-order valence-corrected chi connectivity index (χ3v) is 5.10. The van der Waals surface area contributed by atoms with Crippen LogP contribution in [0.2, 0.25) is 5.02 Å². The molecule has 1 heterocycles. The molecule has 2 aromatic rings. The van der Waals surface area contributed by atoms with Crippen molar-refractivity contribution >= 4 is 63.3 Å². The summed E-state index contributed by atoms with van der Waals surface area (Å²) in [5, 5.41) is 0.574. The Morgan fingerprint density at radius 1 is 1.17 bits per heavy atom. The topological polar surface area (TPSA) is 23.6 Å². The number of rotatable bonds is 3. The summed E-state index contributed by atoms with van der Waals surface area (Å²) < 4.78 is 0.512. The van der Waals surface area contributed by atoms with Crippen LogP contribution in [0, 0.1) is 0 Å². The first-order valence-electron chi connectivity index (χ1n) is 7.26. The normalized spacial score (nSPS) is 16.1. The van der Waals surface area contributed by atoms with E-state index >= 15 is 0 Å². The Morgan fingerprint density at radius 2 is 1.88 bits per heavy atom. The van der Waals surface area contributed by atoms with E-state index in [0.717, 1.165) is 11.3 Å². The maximum atomic E-state index is 12.7. The van der Waals surface area contributed by atoms with E-state index in [1.165, 1.54) is 16.7 Å². The fourth-order valence-electron chi connectivity index (χ4n) is 2.33. The summed E-state index contributed by atoms with van der Waals surface area (Å²) in [6.07, 6.45) is 1.86. The van der Waals surface area contributed by atoms with Gasteiger partial charge in [-0.25, -0.2) is 0 Å². The van der Waals surface area contributed by atoms with Crippen molar-refractivity contribution < 1.29 is 4.79 Å². The van der Waals surface area contributed by atoms with Gasteiger partial charge in [0.15, 0.2) is 4.32 Å². The molecule has 0 aromatic heterocycles. The van der Waals surface area contributed by atoms with E-state index in [4.69, 9.17) is 23.8 Å². The van der Waals surface area contributed by atoms with Gasteiger partial charge in [0.25, 0.3) is 5.91 Å². The Kier molecular flexibility index (Phi) is 4.94. The van der Waals surface area contributed by atoms with Gasteiger partial charge in [0, 0.05) is 24.8 Å². The van der Waals surface area contributed by atoms with Gasteiger partial charge < -0.3 is 4.90 Å². The number of amides is 1. The first-order valence-corrected chi connectivity index (χ1v) is 8.87. The lowest BCUT2D eigenvalue weighted by molar-refractivity contribution is -0.113. The van der Waals surface area contributed by atoms with Gasteiger partial charge in [-0.1, -0.05) is 53.8 Å². The molecule has 0 spiro atoms. The Bertz CT molecular complexity index is 831. The van der Waals surface area contributed by atoms with Crippen LogP contribution in [0.25, 0.3) is 6.08 Å². The molecule has 24 heavy (non-hydrogen) atoms. The van der Waals surface area contributed by atoms with Crippen molar-refractivity contribution in [1.29, 1.82) is 0 Å². The van der Waals surface area contributed by atoms with Crippen molar-refractivity contribution in [2.45, 2.75) is 0 Å². The molecule has 1 aliphatic rings. The molecule has 0 bridgehead atoms. The van der Waals surface area contributed by atoms with Crippen molar-refractivity contribution in [2.75, 3.05) is 23.9 Å². The van der Waals surface area contributed by atoms with Crippen LogP contribution in [0.4, 0.5) is 11.4 Å². The van der Waals surface area contributed by atoms with E-state index in [1.807, 2.05) is 55.4 Å². The molecular weight excluding hydrogens is 360 g/mol. The molecule has 0 saturated carbocycles. The van der Waals surface area contributed by atoms with Crippen molar-refractivity contribution in [1.82, 2.24) is 0 Å². The summed E-state index contributed by atoms with van der Waals surface area (Å²) in [7, 11) is 3.98. The van der Waals surface area contributed by atoms with E-state index in [9.17, 15) is 4.79 Å². The van der Waals surface area contributed by atoms with Gasteiger partial charge in [-0.2, -0.15) is 0 Å². The van der Waals surface area contributed by atoms with Crippen LogP contribution < -0.4 is 9.80 Å². The van der Waals surface area contributed by atoms with Crippen LogP contribution in [0.3, 0.4) is 0 Å². The van der Waals surface area contributed by atoms with E-state index < -0.39 is 0 Å². The van der Waals surface area contributed by atoms with Crippen LogP contribution in [-0.4, -0.2) is 24.3 Å². The molecule has 0 N–H and O–H groups in total. The highest BCUT2D eigenvalue weighted by Crippen LogP contribution is 2.36. The summed E-state index contributed by atoms with van der Waals surface area (Å²) in [5.41, 5.74) is 2.77. The highest BCUT2D eigenvalue weighted by molar-refractivity contribution is 8.27. The van der Waals surface area contributed by atoms with E-state index in [-0.39, 0.29) is 5.91 Å². The second-order valence-corrected chi connectivity index (χ2v) is 7.60. The maximum Gasteiger partial charge on any atom is 0.270 e. The number of carbonyl (C=O) groups is 1. The monoisotopic (exact) mass is 374 g/mol. The maximum absolute atomic E-state index is 12.7. The summed E-state index contributed by atoms with van der Waals surface area (Å²) in [6.45, 7) is 0. The number of anilines is 2. The first-order chi connectivity index (χ1) is 11.5. The smallest absolute Gasteiger partial charge is 0.270 e. The Balaban J connectivity index is 1.88. The predicted octanol–water partition coefficient (Wildman–Crippen LogP) is 4.81. The van der Waals surface area contributed by atoms with Crippen LogP contribution in [0.15, 0.2) is 53.4 Å². The molecule has 0 atom stereocenters. The van der Waals surface area contributed by atoms with Crippen molar-refractivity contribution in [3.8, 4) is 0 Å². The zero-order chi connectivity index (χ0) is 17.3. The van der Waals surface area contributed by atoms with E-state index in [2.05, 4.69) is 0 Å². The molecular formula is C18H15ClN2OS2. The fourth-order valence-corrected chi connectivity index (χ4v) is 3.81. The molecule has 3 rings (SSSR count). The van der Waals surface area contributed by atoms with Crippen LogP contribution in [0.5, 0.6) is 0 Å². The number of nitrogens with zero attached hydrogens (tertiary/aromatic N) is 2. The Labute approximate surface area is 155 Å². The van der Waals surface area contributed by atoms with Gasteiger partial charge in [0.05, 0.1) is 10.6 Å². The molecule has 0 radical (unpaired) electrons. The van der Waals surface area contributed by atoms with Crippen LogP contribution in [0.1, 0.15) is 5.56 Å². The molecule has 1 saturated heterocycles. The summed E-state index contributed by atoms with van der Waals surface area (Å²) in [6, 6.07) is 15.1. The van der Waals surface area contributed by atoms with Crippen LogP contribution in [-0.2, 0) is 4.79 Å². The second-order valence-electron chi connectivity index (χ2n) is 5.48. The average molecular weight is 375 g/mol. The van der Waals surface area contributed by atoms with Crippen molar-refractivity contribution in [3.63, 3.8) is 0 Å². The van der Waals surface area contributed by atoms with Gasteiger partial charge in [-0.05, 0) is 42.0 Å². The average Bonchev–Trinajstić information content (AvgIpc) is 2.82. The molecule has 1 aliphatic heterocycles. The number of benzene rings is 2. The van der Waals surface area contributed by atoms with Gasteiger partial charge in [-0.3, -0.25) is 9.69 Å². The zero-order valence-electron chi connectivity index (χ0n) is 13.2. The summed E-state index contributed by atoms with van der Waals surface area (Å²) in [5.74, 6) is -0.121. The number of hydrogen-bond acceptors (Lipinski definition) is 4. The number of halogens is 1. The molecule has 3 nitrogen and oxygen atoms in total. The minimum atomic E-state index is -0.121. The molecule has 6 heteroatoms. The molecule has 2 aromatic carbocycles. The third kappa shape index (κ3) is 3.48. The molecule has 1 amide bonds. The fraction of sp³-hybridized carbons (Fsp3) is 0.111. The lowest BCUT2D eigenvalue weighted by Gasteiger charge is -2.14. The minimum Gasteiger partial charge on any atom is -0.378 e. The highest BCUT2D eigenvalue weighted by Gasteiger charge is 2.33. The second kappa shape index (κ2) is 6.97. The van der Waals surface area contributed by atoms with Gasteiger partial charge in [-0.15, -0.1) is 0 Å². The number of thioether (sulfide) groups is 1. The minimum absolute atomic E-state index is 0.121. The van der Waals surface area contributed by atoms with Gasteiger partial charge in [0.2, 0.25) is 0 Å². The Morgan fingerprint density at radius 3 is 2.50 bits per heavy atom. The van der Waals surface area contributed by atoms with E-state index in [0.29, 0.717) is 19.9 Å². The number of hydrogen-bond donors (Lipinski definition) is 0. The number of carbonyl (C=O) groups excluding carboxylic acids is 1. The standard InChI is InChI=1S/C18H15ClN2OS2/c1-20(2)14-8-6-12(7-9-14)10-16-17(22)21(18(23)24-16)15-5-3-4-13(19)11-15/h3-11H,1-2H3. The molecule has 122 valence electrons. The predicted molar refractivity (Wildman–Crippen MR) is 108 cm³/mol. The van der Waals surface area contributed by atoms with Crippen molar-refractivity contribution in [2.24, 2.45) is 0 Å². The lowest BCUT2D eigenvalue weighted by Crippen LogP contribution is -2.27. The highest BCUT2D eigenvalue weighted by atomic mass is 35.5. The van der Waals surface area contributed by atoms with Crippen molar-refractivity contribution in [3.05, 3.63) is 64.0 Å². The van der Waals surface area contributed by atoms with E-state index in [1.54, 1.807) is 18.2 Å². The van der Waals surface area contributed by atoms with Crippen LogP contribution >= 0.6 is 35.6 Å². The summed E-state index contributed by atoms with van der Waals surface area (Å²) >= 11 is 12.7. The first kappa shape index (κ1) is 17.0. The summed E-state index contributed by atoms with van der Waals surface area (Å²) in [4.78, 5) is 16.9. The van der Waals surface area contributed by atoms with Gasteiger partial charge >= 0.3 is 0 Å². The Hall–Kier alpha value is -1.82.